The molecule has 0 amide bonds. The van der Waals surface area contributed by atoms with Gasteiger partial charge in [0.1, 0.15) is 5.75 Å². The number of phosphoric acid groups is 1. The molecule has 0 aliphatic heterocycles. The Labute approximate surface area is 174 Å². The molecule has 1 aromatic rings. The van der Waals surface area contributed by atoms with Crippen LogP contribution in [0.2, 0.25) is 0 Å². The van der Waals surface area contributed by atoms with Gasteiger partial charge in [-0.1, -0.05) is 38.8 Å². The maximum Gasteiger partial charge on any atom is 0.474 e. The Kier molecular flexibility index (Phi) is 13.1. The Balaban J connectivity index is 2.39. The first-order valence-electron chi connectivity index (χ1n) is 10.4. The number of carbonyl (C=O) groups excluding carboxylic acids is 1. The van der Waals surface area contributed by atoms with Crippen molar-refractivity contribution in [2.45, 2.75) is 60.0 Å². The molecular weight excluding hydrogens is 395 g/mol. The zero-order valence-electron chi connectivity index (χ0n) is 18.1. The molecule has 1 rings (SSSR count). The van der Waals surface area contributed by atoms with Gasteiger partial charge < -0.3 is 9.47 Å². The molecule has 0 atom stereocenters. The van der Waals surface area contributed by atoms with Crippen LogP contribution in [0.25, 0.3) is 0 Å². The topological polar surface area (TPSA) is 80.3 Å². The van der Waals surface area contributed by atoms with E-state index < -0.39 is 7.82 Å². The van der Waals surface area contributed by atoms with Crippen molar-refractivity contribution in [3.05, 3.63) is 29.8 Å². The van der Waals surface area contributed by atoms with Crippen molar-refractivity contribution in [3.63, 3.8) is 0 Å². The van der Waals surface area contributed by atoms with Crippen molar-refractivity contribution in [2.75, 3.05) is 26.4 Å². The standard InChI is InChI=1S/C21H35O7P/c1-5-9-19(10-6-2)21(22)28-20-13-11-18(12-14-20)17-24-15-16-27-29(23,25-7-3)26-8-4/h11-14,19H,5-10,15-17H2,1-4H3. The number of ether oxygens (including phenoxy) is 2. The maximum absolute atomic E-state index is 12.3. The summed E-state index contributed by atoms with van der Waals surface area (Å²) in [6.07, 6.45) is 3.62. The molecular formula is C21H35O7P. The van der Waals surface area contributed by atoms with E-state index in [1.165, 1.54) is 0 Å². The van der Waals surface area contributed by atoms with Crippen LogP contribution in [-0.2, 0) is 34.3 Å². The van der Waals surface area contributed by atoms with E-state index in [9.17, 15) is 9.36 Å². The van der Waals surface area contributed by atoms with Crippen LogP contribution in [0.4, 0.5) is 0 Å². The van der Waals surface area contributed by atoms with Crippen molar-refractivity contribution in [1.29, 1.82) is 0 Å². The van der Waals surface area contributed by atoms with E-state index in [4.69, 9.17) is 23.0 Å². The SMILES string of the molecule is CCCC(CCC)C(=O)Oc1ccc(COCCOP(=O)(OCC)OCC)cc1. The van der Waals surface area contributed by atoms with Gasteiger partial charge in [0.15, 0.2) is 0 Å². The summed E-state index contributed by atoms with van der Waals surface area (Å²) in [6.45, 7) is 8.78. The molecule has 0 unspecified atom stereocenters. The van der Waals surface area contributed by atoms with Gasteiger partial charge >= 0.3 is 13.8 Å². The summed E-state index contributed by atoms with van der Waals surface area (Å²) in [5.41, 5.74) is 0.932. The highest BCUT2D eigenvalue weighted by Crippen LogP contribution is 2.48. The molecule has 0 radical (unpaired) electrons. The number of phosphoric ester groups is 1. The van der Waals surface area contributed by atoms with Crippen LogP contribution in [0, 0.1) is 5.92 Å². The molecule has 8 heteroatoms. The van der Waals surface area contributed by atoms with Crippen molar-refractivity contribution in [1.82, 2.24) is 0 Å². The monoisotopic (exact) mass is 430 g/mol. The molecule has 0 aromatic heterocycles. The lowest BCUT2D eigenvalue weighted by Crippen LogP contribution is -2.20. The highest BCUT2D eigenvalue weighted by Gasteiger charge is 2.24. The normalized spacial score (nSPS) is 11.8. The minimum Gasteiger partial charge on any atom is -0.426 e. The Hall–Kier alpha value is -1.24. The van der Waals surface area contributed by atoms with Gasteiger partial charge in [-0.05, 0) is 44.4 Å². The molecule has 0 bridgehead atoms. The molecule has 0 N–H and O–H groups in total. The van der Waals surface area contributed by atoms with Gasteiger partial charge in [-0.15, -0.1) is 0 Å². The van der Waals surface area contributed by atoms with Gasteiger partial charge in [-0.3, -0.25) is 18.4 Å². The van der Waals surface area contributed by atoms with Crippen LogP contribution >= 0.6 is 7.82 Å². The van der Waals surface area contributed by atoms with Crippen molar-refractivity contribution in [3.8, 4) is 5.75 Å². The third kappa shape index (κ3) is 10.4. The van der Waals surface area contributed by atoms with Crippen LogP contribution in [0.3, 0.4) is 0 Å². The lowest BCUT2D eigenvalue weighted by Gasteiger charge is -2.16. The number of carbonyl (C=O) groups is 1. The minimum atomic E-state index is -3.50. The maximum atomic E-state index is 12.3. The Morgan fingerprint density at radius 3 is 2.00 bits per heavy atom. The van der Waals surface area contributed by atoms with Gasteiger partial charge in [0.25, 0.3) is 0 Å². The highest BCUT2D eigenvalue weighted by molar-refractivity contribution is 7.48. The van der Waals surface area contributed by atoms with E-state index in [0.717, 1.165) is 31.2 Å². The third-order valence-corrected chi connectivity index (χ3v) is 5.72. The molecule has 0 spiro atoms. The van der Waals surface area contributed by atoms with Gasteiger partial charge in [-0.25, -0.2) is 4.57 Å². The first-order chi connectivity index (χ1) is 14.0. The lowest BCUT2D eigenvalue weighted by molar-refractivity contribution is -0.139. The molecule has 166 valence electrons. The predicted molar refractivity (Wildman–Crippen MR) is 112 cm³/mol. The van der Waals surface area contributed by atoms with Crippen LogP contribution in [0.1, 0.15) is 58.9 Å². The number of benzene rings is 1. The Morgan fingerprint density at radius 2 is 1.48 bits per heavy atom. The summed E-state index contributed by atoms with van der Waals surface area (Å²) in [5.74, 6) is 0.328. The van der Waals surface area contributed by atoms with Gasteiger partial charge in [0.2, 0.25) is 0 Å². The highest BCUT2D eigenvalue weighted by atomic mass is 31.2. The van der Waals surface area contributed by atoms with E-state index in [-0.39, 0.29) is 38.3 Å². The van der Waals surface area contributed by atoms with E-state index in [1.807, 2.05) is 12.1 Å². The van der Waals surface area contributed by atoms with E-state index in [2.05, 4.69) is 13.8 Å². The molecule has 0 saturated carbocycles. The lowest BCUT2D eigenvalue weighted by atomic mass is 9.99. The summed E-state index contributed by atoms with van der Waals surface area (Å²) in [4.78, 5) is 12.3. The first-order valence-corrected chi connectivity index (χ1v) is 11.9. The van der Waals surface area contributed by atoms with Crippen molar-refractivity contribution < 1.29 is 32.4 Å². The fraction of sp³-hybridized carbons (Fsp3) is 0.667. The minimum absolute atomic E-state index is 0.0441. The van der Waals surface area contributed by atoms with E-state index in [0.29, 0.717) is 12.4 Å². The zero-order valence-corrected chi connectivity index (χ0v) is 19.0. The average molecular weight is 430 g/mol. The molecule has 7 nitrogen and oxygen atoms in total. The van der Waals surface area contributed by atoms with E-state index in [1.54, 1.807) is 26.0 Å². The van der Waals surface area contributed by atoms with Crippen LogP contribution in [-0.4, -0.2) is 32.4 Å². The zero-order chi connectivity index (χ0) is 21.5. The summed E-state index contributed by atoms with van der Waals surface area (Å²) in [5, 5.41) is 0. The largest absolute Gasteiger partial charge is 0.474 e. The van der Waals surface area contributed by atoms with Crippen molar-refractivity contribution >= 4 is 13.8 Å². The summed E-state index contributed by atoms with van der Waals surface area (Å²) in [6, 6.07) is 7.23. The van der Waals surface area contributed by atoms with Gasteiger partial charge in [0, 0.05) is 0 Å². The Morgan fingerprint density at radius 1 is 0.897 bits per heavy atom. The molecule has 0 fully saturated rings. The molecule has 0 aliphatic carbocycles. The Bertz CT molecular complexity index is 602. The number of hydrogen-bond donors (Lipinski definition) is 0. The second kappa shape index (κ2) is 14.7. The van der Waals surface area contributed by atoms with E-state index >= 15 is 0 Å². The molecule has 0 aliphatic rings. The number of rotatable bonds is 16. The molecule has 1 aromatic carbocycles. The second-order valence-corrected chi connectivity index (χ2v) is 8.18. The van der Waals surface area contributed by atoms with Crippen LogP contribution < -0.4 is 4.74 Å². The number of hydrogen-bond acceptors (Lipinski definition) is 7. The quantitative estimate of drug-likeness (QED) is 0.148. The summed E-state index contributed by atoms with van der Waals surface area (Å²) >= 11 is 0. The fourth-order valence-corrected chi connectivity index (χ4v) is 3.91. The average Bonchev–Trinajstić information content (AvgIpc) is 2.69. The van der Waals surface area contributed by atoms with Crippen LogP contribution in [0.5, 0.6) is 5.75 Å². The first kappa shape index (κ1) is 25.8. The second-order valence-electron chi connectivity index (χ2n) is 6.51. The summed E-state index contributed by atoms with van der Waals surface area (Å²) in [7, 11) is -3.50. The predicted octanol–water partition coefficient (Wildman–Crippen LogP) is 5.52. The van der Waals surface area contributed by atoms with Crippen molar-refractivity contribution in [2.24, 2.45) is 5.92 Å². The van der Waals surface area contributed by atoms with Gasteiger partial charge in [-0.2, -0.15) is 0 Å². The third-order valence-electron chi connectivity index (χ3n) is 4.07. The smallest absolute Gasteiger partial charge is 0.426 e. The van der Waals surface area contributed by atoms with Crippen LogP contribution in [0.15, 0.2) is 24.3 Å². The molecule has 0 saturated heterocycles. The fourth-order valence-electron chi connectivity index (χ4n) is 2.76. The number of esters is 1. The van der Waals surface area contributed by atoms with Gasteiger partial charge in [0.05, 0.1) is 39.0 Å². The molecule has 29 heavy (non-hydrogen) atoms. The summed E-state index contributed by atoms with van der Waals surface area (Å²) < 4.78 is 38.5. The molecule has 0 heterocycles.